The van der Waals surface area contributed by atoms with Gasteiger partial charge in [0.2, 0.25) is 42.3 Å². The van der Waals surface area contributed by atoms with Crippen LogP contribution < -0.4 is 41.2 Å². The molecule has 5 fully saturated rings. The number of carbonyl (C=O) groups is 8. The highest BCUT2D eigenvalue weighted by atomic mass is 16.6. The molecule has 8 aromatic carbocycles. The van der Waals surface area contributed by atoms with Crippen LogP contribution in [-0.4, -0.2) is 139 Å². The second kappa shape index (κ2) is 48.8. The molecular weight excluding hydrogens is 1560 g/mol. The van der Waals surface area contributed by atoms with Crippen LogP contribution >= 0.6 is 0 Å². The molecule has 30 heteroatoms. The number of hydrogen-bond acceptors (Lipinski definition) is 22. The highest BCUT2D eigenvalue weighted by molar-refractivity contribution is 5.85. The zero-order chi connectivity index (χ0) is 89.0. The Morgan fingerprint density at radius 2 is 0.959 bits per heavy atom. The molecule has 5 amide bonds. The van der Waals surface area contributed by atoms with Crippen molar-refractivity contribution >= 4 is 47.9 Å². The van der Waals surface area contributed by atoms with Crippen molar-refractivity contribution in [2.24, 2.45) is 35.3 Å². The summed E-state index contributed by atoms with van der Waals surface area (Å²) in [5.74, 6) is -1.40. The first-order valence-corrected chi connectivity index (χ1v) is 39.5. The Morgan fingerprint density at radius 1 is 0.537 bits per heavy atom. The number of aryl methyl sites for hydroxylation is 3. The van der Waals surface area contributed by atoms with Gasteiger partial charge in [-0.15, -0.1) is 0 Å². The van der Waals surface area contributed by atoms with Gasteiger partial charge in [0.05, 0.1) is 64.5 Å². The SMILES string of the molecule is CC(=O)OCc1ccccc1.CC1CCCO1.COC(=O)C(C)C[N+](=O)[O-].COc1ccc(C=O)cc1.COc1ccc(CN2C(=O)[C@@H](C)[C@H]([N+](=O)[O-])[C@H]2c2ccc(C)cc2)cc1.COc1ccc([C@H]2NC(=O)[C@@H](C)[C@@H]2NC(=O)OCc2ccccc2)cc1.Cc1ccc([C@H]2NC(=O)[C@@H](C)[C@@H]2N)cc1.Cc1ccc([C@H]2NC(=O)[C@@H](C)[C@@H]2[N+](=O)[O-])cc1. The average Bonchev–Trinajstić information content (AvgIpc) is 1.61. The standard InChI is InChI=1S/2C20H22N2O4.C12H14N2O3.C12H16N2O.C9H10O2.C8H8O2.C5H9NO4.C5H10O/c1-13-4-8-16(9-5-13)19-18(22(24)25)14(2)20(23)21(19)12-15-6-10-17(26-3)11-7-15;1-13-17(22-20(24)26-12-14-6-4-3-5-7-14)18(21-19(13)23)15-8-10-16(25-2)11-9-15;1-7-3-5-9(6-4-7)10-11(14(16)17)8(2)12(15)13-10;1-7-3-5-9(6-4-7)11-10(13)8(2)12(15)14-11;1-8(10)11-7-9-5-3-2-4-6-9;1-10-8-4-2-7(6-9)3-5-8;1-4(3-6(8)9)5(7)10-2;1-5-3-2-4-6-5/h4-11,14,18-19H,12H2,1-3H3;3-11,13,17-18H,12H2,1-2H3,(H,21,23)(H,22,24);3-6,8,10-11H,1-2H3,(H,13,15);3-6,8,10-11H,13H2,1-2H3,(H,14,15);2-6H,7H2,1H3;2-6H,1H3;4H,3H2,1-2H3;5H,2-4H2,1H3/t14-,18-,19+;13-,17-,18+;8-,10+,11-;8-,10-,11+;;;;/m0000..../s1. The minimum Gasteiger partial charge on any atom is -0.497 e. The molecule has 2 unspecified atom stereocenters. The van der Waals surface area contributed by atoms with E-state index in [1.165, 1.54) is 39.4 Å². The number of nitrogens with zero attached hydrogens (tertiary/aromatic N) is 4. The molecule has 646 valence electrons. The Hall–Kier alpha value is -13.0. The van der Waals surface area contributed by atoms with Gasteiger partial charge in [0.25, 0.3) is 0 Å². The summed E-state index contributed by atoms with van der Waals surface area (Å²) in [5.41, 5.74) is 16.4. The molecule has 0 radical (unpaired) electrons. The Kier molecular flexibility index (Phi) is 39.1. The summed E-state index contributed by atoms with van der Waals surface area (Å²) in [6.07, 6.45) is 3.34. The lowest BCUT2D eigenvalue weighted by molar-refractivity contribution is -0.532. The predicted octanol–water partition coefficient (Wildman–Crippen LogP) is 13.3. The van der Waals surface area contributed by atoms with Crippen LogP contribution in [0.1, 0.15) is 151 Å². The second-order valence-corrected chi connectivity index (χ2v) is 29.7. The molecule has 30 nitrogen and oxygen atoms in total. The van der Waals surface area contributed by atoms with E-state index in [2.05, 4.69) is 32.9 Å². The lowest BCUT2D eigenvalue weighted by Crippen LogP contribution is -2.41. The first kappa shape index (κ1) is 96.9. The van der Waals surface area contributed by atoms with Gasteiger partial charge in [-0.25, -0.2) is 4.79 Å². The van der Waals surface area contributed by atoms with Crippen molar-refractivity contribution in [3.63, 3.8) is 0 Å². The van der Waals surface area contributed by atoms with Crippen molar-refractivity contribution < 1.29 is 86.3 Å². The number of hydrogen-bond donors (Lipinski definition) is 5. The molecule has 0 aliphatic carbocycles. The largest absolute Gasteiger partial charge is 0.497 e. The number of nitrogens with two attached hydrogens (primary N) is 1. The van der Waals surface area contributed by atoms with Crippen molar-refractivity contribution in [1.29, 1.82) is 0 Å². The quantitative estimate of drug-likeness (QED) is 0.0155. The first-order chi connectivity index (χ1) is 57.7. The molecule has 5 saturated heterocycles. The van der Waals surface area contributed by atoms with E-state index in [0.29, 0.717) is 24.8 Å². The Balaban J connectivity index is 0.000000223. The number of ether oxygens (including phenoxy) is 7. The van der Waals surface area contributed by atoms with E-state index in [1.807, 2.05) is 210 Å². The Bertz CT molecular complexity index is 4640. The summed E-state index contributed by atoms with van der Waals surface area (Å²) in [6.45, 7) is 19.3. The summed E-state index contributed by atoms with van der Waals surface area (Å²) >= 11 is 0. The number of rotatable bonds is 20. The summed E-state index contributed by atoms with van der Waals surface area (Å²) < 4.78 is 34.7. The fraction of sp³-hybridized carbons (Fsp3) is 0.385. The summed E-state index contributed by atoms with van der Waals surface area (Å²) in [7, 11) is 5.99. The van der Waals surface area contributed by atoms with Crippen LogP contribution in [0.25, 0.3) is 0 Å². The zero-order valence-corrected chi connectivity index (χ0v) is 70.7. The van der Waals surface area contributed by atoms with Crippen LogP contribution in [0.4, 0.5) is 4.79 Å². The number of alkyl carbamates (subject to hydrolysis) is 1. The van der Waals surface area contributed by atoms with Gasteiger partial charge in [-0.05, 0) is 149 Å². The fourth-order valence-corrected chi connectivity index (χ4v) is 13.4. The molecule has 13 rings (SSSR count). The molecule has 0 aromatic heterocycles. The van der Waals surface area contributed by atoms with E-state index < -0.39 is 58.9 Å². The summed E-state index contributed by atoms with van der Waals surface area (Å²) in [6, 6.07) is 60.2. The monoisotopic (exact) mass is 1670 g/mol. The predicted molar refractivity (Wildman–Crippen MR) is 453 cm³/mol. The van der Waals surface area contributed by atoms with Gasteiger partial charge < -0.3 is 65.1 Å². The summed E-state index contributed by atoms with van der Waals surface area (Å²) in [5, 5.41) is 43.9. The van der Waals surface area contributed by atoms with Crippen LogP contribution in [0.15, 0.2) is 206 Å². The second-order valence-electron chi connectivity index (χ2n) is 29.7. The molecule has 0 saturated carbocycles. The van der Waals surface area contributed by atoms with E-state index in [4.69, 9.17) is 34.2 Å². The van der Waals surface area contributed by atoms with Crippen molar-refractivity contribution in [2.75, 3.05) is 41.6 Å². The lowest BCUT2D eigenvalue weighted by atomic mass is 9.94. The number of aldehydes is 1. The van der Waals surface area contributed by atoms with Gasteiger partial charge in [-0.3, -0.25) is 63.9 Å². The maximum atomic E-state index is 12.8. The van der Waals surface area contributed by atoms with Crippen molar-refractivity contribution in [3.05, 3.63) is 298 Å². The molecule has 5 heterocycles. The Labute approximate surface area is 705 Å². The van der Waals surface area contributed by atoms with Crippen molar-refractivity contribution in [2.45, 2.75) is 156 Å². The molecule has 14 atom stereocenters. The van der Waals surface area contributed by atoms with E-state index in [-0.39, 0.29) is 88.6 Å². The van der Waals surface area contributed by atoms with E-state index in [0.717, 1.165) is 80.2 Å². The number of likely N-dealkylation sites (tertiary alicyclic amines) is 1. The zero-order valence-electron chi connectivity index (χ0n) is 70.7. The minimum atomic E-state index is -0.955. The fourth-order valence-electron chi connectivity index (χ4n) is 13.4. The average molecular weight is 1670 g/mol. The van der Waals surface area contributed by atoms with Crippen LogP contribution in [0.2, 0.25) is 0 Å². The number of esters is 2. The van der Waals surface area contributed by atoms with Gasteiger partial charge >= 0.3 is 18.0 Å². The first-order valence-electron chi connectivity index (χ1n) is 39.5. The van der Waals surface area contributed by atoms with Crippen LogP contribution in [0.3, 0.4) is 0 Å². The molecule has 121 heavy (non-hydrogen) atoms. The number of benzene rings is 8. The van der Waals surface area contributed by atoms with Crippen molar-refractivity contribution in [1.82, 2.24) is 26.2 Å². The van der Waals surface area contributed by atoms with Gasteiger partial charge in [0.15, 0.2) is 0 Å². The summed E-state index contributed by atoms with van der Waals surface area (Å²) in [4.78, 5) is 124. The molecule has 8 aromatic rings. The van der Waals surface area contributed by atoms with Crippen LogP contribution in [-0.2, 0) is 67.5 Å². The third-order valence-electron chi connectivity index (χ3n) is 20.7. The number of amides is 5. The highest BCUT2D eigenvalue weighted by Crippen LogP contribution is 2.40. The van der Waals surface area contributed by atoms with E-state index in [1.54, 1.807) is 71.3 Å². The van der Waals surface area contributed by atoms with Gasteiger partial charge in [-0.1, -0.05) is 188 Å². The third-order valence-corrected chi connectivity index (χ3v) is 20.7. The van der Waals surface area contributed by atoms with Crippen molar-refractivity contribution in [3.8, 4) is 17.2 Å². The van der Waals surface area contributed by atoms with Crippen LogP contribution in [0.5, 0.6) is 17.2 Å². The number of nitro groups is 3. The molecule has 0 bridgehead atoms. The maximum absolute atomic E-state index is 12.8. The van der Waals surface area contributed by atoms with E-state index >= 15 is 0 Å². The topological polar surface area (TPSA) is 408 Å². The minimum absolute atomic E-state index is 0.0342. The van der Waals surface area contributed by atoms with Gasteiger partial charge in [0.1, 0.15) is 66.6 Å². The maximum Gasteiger partial charge on any atom is 0.407 e. The molecule has 6 N–H and O–H groups in total. The number of carbonyl (C=O) groups excluding carboxylic acids is 8. The number of nitrogens with one attached hydrogen (secondary N) is 4. The highest BCUT2D eigenvalue weighted by Gasteiger charge is 2.54. The smallest absolute Gasteiger partial charge is 0.407 e. The third kappa shape index (κ3) is 30.1. The normalized spacial score (nSPS) is 21.5. The molecule has 5 aliphatic rings. The van der Waals surface area contributed by atoms with E-state index in [9.17, 15) is 68.7 Å². The van der Waals surface area contributed by atoms with Crippen LogP contribution in [0, 0.1) is 80.7 Å². The van der Waals surface area contributed by atoms with Gasteiger partial charge in [-0.2, -0.15) is 0 Å². The molecule has 0 spiro atoms. The van der Waals surface area contributed by atoms with Gasteiger partial charge in [0, 0.05) is 46.5 Å². The molecular formula is C91H111N9O21. The Morgan fingerprint density at radius 3 is 1.37 bits per heavy atom. The number of methoxy groups -OCH3 is 4. The molecule has 5 aliphatic heterocycles. The lowest BCUT2D eigenvalue weighted by Gasteiger charge is -2.25.